The van der Waals surface area contributed by atoms with Crippen LogP contribution in [0.3, 0.4) is 0 Å². The number of nitrogens with one attached hydrogen (secondary N) is 2. The third-order valence-corrected chi connectivity index (χ3v) is 2.70. The van der Waals surface area contributed by atoms with E-state index in [0.29, 0.717) is 12.1 Å². The molecule has 5 nitrogen and oxygen atoms in total. The van der Waals surface area contributed by atoms with Gasteiger partial charge in [0.2, 0.25) is 0 Å². The number of H-pyrrole nitrogens is 1. The lowest BCUT2D eigenvalue weighted by Gasteiger charge is -2.09. The summed E-state index contributed by atoms with van der Waals surface area (Å²) in [5.41, 5.74) is 2.52. The predicted octanol–water partition coefficient (Wildman–Crippen LogP) is 2.90. The fraction of sp³-hybridized carbons (Fsp3) is 0.333. The molecular weight excluding hydrogens is 254 g/mol. The van der Waals surface area contributed by atoms with Gasteiger partial charge in [0.15, 0.2) is 0 Å². The van der Waals surface area contributed by atoms with Crippen LogP contribution in [0.25, 0.3) is 0 Å². The average Bonchev–Trinajstić information content (AvgIpc) is 2.82. The van der Waals surface area contributed by atoms with Crippen LogP contribution in [-0.4, -0.2) is 22.0 Å². The monoisotopic (exact) mass is 273 g/mol. The van der Waals surface area contributed by atoms with Crippen molar-refractivity contribution in [3.05, 3.63) is 47.5 Å². The van der Waals surface area contributed by atoms with Gasteiger partial charge in [-0.2, -0.15) is 0 Å². The average molecular weight is 273 g/mol. The van der Waals surface area contributed by atoms with Crippen molar-refractivity contribution in [2.75, 3.05) is 5.32 Å². The van der Waals surface area contributed by atoms with E-state index >= 15 is 0 Å². The summed E-state index contributed by atoms with van der Waals surface area (Å²) in [4.78, 5) is 19.0. The number of aryl methyl sites for hydroxylation is 1. The van der Waals surface area contributed by atoms with Crippen molar-refractivity contribution in [2.45, 2.75) is 33.4 Å². The Morgan fingerprint density at radius 2 is 2.05 bits per heavy atom. The fourth-order valence-electron chi connectivity index (χ4n) is 1.77. The molecule has 0 amide bonds. The molecule has 5 heteroatoms. The van der Waals surface area contributed by atoms with Crippen molar-refractivity contribution < 1.29 is 9.53 Å². The number of rotatable bonds is 5. The number of hydrogen-bond acceptors (Lipinski definition) is 4. The van der Waals surface area contributed by atoms with E-state index in [2.05, 4.69) is 15.3 Å². The minimum atomic E-state index is -0.296. The van der Waals surface area contributed by atoms with Gasteiger partial charge in [0.1, 0.15) is 5.82 Å². The smallest absolute Gasteiger partial charge is 0.338 e. The van der Waals surface area contributed by atoms with Crippen molar-refractivity contribution in [1.82, 2.24) is 9.97 Å². The van der Waals surface area contributed by atoms with E-state index in [4.69, 9.17) is 4.74 Å². The zero-order valence-corrected chi connectivity index (χ0v) is 11.9. The van der Waals surface area contributed by atoms with Crippen LogP contribution in [0.4, 0.5) is 5.69 Å². The molecule has 0 aliphatic carbocycles. The Hall–Kier alpha value is -2.30. The zero-order chi connectivity index (χ0) is 14.5. The molecule has 106 valence electrons. The lowest BCUT2D eigenvalue weighted by Crippen LogP contribution is -2.11. The first-order chi connectivity index (χ1) is 9.54. The summed E-state index contributed by atoms with van der Waals surface area (Å²) in [6.45, 7) is 6.25. The Bertz CT molecular complexity index is 573. The topological polar surface area (TPSA) is 67.0 Å². The van der Waals surface area contributed by atoms with Crippen molar-refractivity contribution in [3.63, 3.8) is 0 Å². The van der Waals surface area contributed by atoms with Gasteiger partial charge in [-0.05, 0) is 45.0 Å². The third kappa shape index (κ3) is 3.85. The Morgan fingerprint density at radius 3 is 2.60 bits per heavy atom. The minimum Gasteiger partial charge on any atom is -0.459 e. The molecule has 0 radical (unpaired) electrons. The molecular formula is C15H19N3O2. The molecule has 1 heterocycles. The number of ether oxygens (including phenoxy) is 1. The van der Waals surface area contributed by atoms with Gasteiger partial charge in [0, 0.05) is 5.69 Å². The molecule has 2 aromatic rings. The summed E-state index contributed by atoms with van der Waals surface area (Å²) in [6.07, 6.45) is 1.69. The molecule has 0 fully saturated rings. The van der Waals surface area contributed by atoms with E-state index in [1.807, 2.05) is 32.9 Å². The highest BCUT2D eigenvalue weighted by Crippen LogP contribution is 2.12. The van der Waals surface area contributed by atoms with E-state index in [9.17, 15) is 4.79 Å². The molecule has 1 aromatic carbocycles. The molecule has 20 heavy (non-hydrogen) atoms. The lowest BCUT2D eigenvalue weighted by atomic mass is 10.2. The molecule has 0 bridgehead atoms. The van der Waals surface area contributed by atoms with Crippen LogP contribution in [0.15, 0.2) is 30.5 Å². The van der Waals surface area contributed by atoms with Gasteiger partial charge < -0.3 is 15.0 Å². The Balaban J connectivity index is 1.93. The Labute approximate surface area is 118 Å². The number of aromatic amines is 1. The third-order valence-electron chi connectivity index (χ3n) is 2.70. The first-order valence-electron chi connectivity index (χ1n) is 6.60. The van der Waals surface area contributed by atoms with Crippen molar-refractivity contribution in [3.8, 4) is 0 Å². The summed E-state index contributed by atoms with van der Waals surface area (Å²) in [5.74, 6) is 0.601. The number of benzene rings is 1. The second kappa shape index (κ2) is 6.23. The van der Waals surface area contributed by atoms with Crippen LogP contribution in [-0.2, 0) is 11.3 Å². The van der Waals surface area contributed by atoms with Crippen LogP contribution < -0.4 is 5.32 Å². The van der Waals surface area contributed by atoms with Gasteiger partial charge >= 0.3 is 5.97 Å². The van der Waals surface area contributed by atoms with E-state index in [-0.39, 0.29) is 12.1 Å². The maximum atomic E-state index is 11.7. The maximum absolute atomic E-state index is 11.7. The van der Waals surface area contributed by atoms with Crippen LogP contribution >= 0.6 is 0 Å². The molecule has 2 rings (SSSR count). The number of imidazole rings is 1. The van der Waals surface area contributed by atoms with Crippen LogP contribution in [0.2, 0.25) is 0 Å². The summed E-state index contributed by atoms with van der Waals surface area (Å²) in [5, 5.41) is 3.26. The van der Waals surface area contributed by atoms with E-state index < -0.39 is 0 Å². The summed E-state index contributed by atoms with van der Waals surface area (Å²) in [7, 11) is 0. The summed E-state index contributed by atoms with van der Waals surface area (Å²) < 4.78 is 5.14. The molecule has 0 aliphatic rings. The molecule has 0 spiro atoms. The van der Waals surface area contributed by atoms with Gasteiger partial charge in [-0.1, -0.05) is 0 Å². The molecule has 1 aromatic heterocycles. The number of hydrogen-bond donors (Lipinski definition) is 2. The molecule has 0 atom stereocenters. The fourth-order valence-corrected chi connectivity index (χ4v) is 1.77. The highest BCUT2D eigenvalue weighted by molar-refractivity contribution is 5.89. The lowest BCUT2D eigenvalue weighted by molar-refractivity contribution is 0.0378. The molecule has 0 unspecified atom stereocenters. The zero-order valence-electron chi connectivity index (χ0n) is 11.9. The number of esters is 1. The minimum absolute atomic E-state index is 0.107. The highest BCUT2D eigenvalue weighted by atomic mass is 16.5. The van der Waals surface area contributed by atoms with Crippen LogP contribution in [0.5, 0.6) is 0 Å². The van der Waals surface area contributed by atoms with E-state index in [0.717, 1.165) is 17.2 Å². The molecule has 0 saturated carbocycles. The van der Waals surface area contributed by atoms with Crippen molar-refractivity contribution in [2.24, 2.45) is 0 Å². The standard InChI is InChI=1S/C15H19N3O2/c1-10(2)20-15(19)12-4-6-13(7-5-12)17-9-14-8-16-11(3)18-14/h4-8,10,17H,9H2,1-3H3,(H,16,18). The van der Waals surface area contributed by atoms with Gasteiger partial charge in [0.25, 0.3) is 0 Å². The SMILES string of the molecule is Cc1ncc(CNc2ccc(C(=O)OC(C)C)cc2)[nH]1. The van der Waals surface area contributed by atoms with Gasteiger partial charge in [-0.25, -0.2) is 9.78 Å². The quantitative estimate of drug-likeness (QED) is 0.822. The van der Waals surface area contributed by atoms with Gasteiger partial charge in [-0.15, -0.1) is 0 Å². The first kappa shape index (κ1) is 14.1. The molecule has 2 N–H and O–H groups in total. The van der Waals surface area contributed by atoms with Crippen LogP contribution in [0, 0.1) is 6.92 Å². The Kier molecular flexibility index (Phi) is 4.40. The largest absolute Gasteiger partial charge is 0.459 e. The number of aromatic nitrogens is 2. The van der Waals surface area contributed by atoms with Crippen molar-refractivity contribution >= 4 is 11.7 Å². The van der Waals surface area contributed by atoms with E-state index in [1.54, 1.807) is 18.3 Å². The molecule has 0 aliphatic heterocycles. The van der Waals surface area contributed by atoms with E-state index in [1.165, 1.54) is 0 Å². The number of carbonyl (C=O) groups is 1. The van der Waals surface area contributed by atoms with Crippen molar-refractivity contribution in [1.29, 1.82) is 0 Å². The van der Waals surface area contributed by atoms with Gasteiger partial charge in [0.05, 0.1) is 30.1 Å². The second-order valence-corrected chi connectivity index (χ2v) is 4.88. The Morgan fingerprint density at radius 1 is 1.35 bits per heavy atom. The summed E-state index contributed by atoms with van der Waals surface area (Å²) >= 11 is 0. The number of anilines is 1. The number of nitrogens with zero attached hydrogens (tertiary/aromatic N) is 1. The van der Waals surface area contributed by atoms with Gasteiger partial charge in [-0.3, -0.25) is 0 Å². The van der Waals surface area contributed by atoms with Crippen LogP contribution in [0.1, 0.15) is 35.7 Å². The molecule has 0 saturated heterocycles. The maximum Gasteiger partial charge on any atom is 0.338 e. The second-order valence-electron chi connectivity index (χ2n) is 4.88. The first-order valence-corrected chi connectivity index (χ1v) is 6.60. The normalized spacial score (nSPS) is 10.6. The highest BCUT2D eigenvalue weighted by Gasteiger charge is 2.08. The summed E-state index contributed by atoms with van der Waals surface area (Å²) in [6, 6.07) is 7.23. The predicted molar refractivity (Wildman–Crippen MR) is 77.6 cm³/mol. The number of carbonyl (C=O) groups excluding carboxylic acids is 1.